The van der Waals surface area contributed by atoms with Crippen LogP contribution in [0.5, 0.6) is 0 Å². The minimum absolute atomic E-state index is 0.0690. The summed E-state index contributed by atoms with van der Waals surface area (Å²) >= 11 is 0. The standard InChI is InChI=1S/C10H17FN4O/c1-7(2)15(4-5-16-3)9-8(11)6-13-10(12)14-9/h6-7H,4-5H2,1-3H3,(H2,12,13,14). The smallest absolute Gasteiger partial charge is 0.222 e. The molecule has 6 heteroatoms. The first kappa shape index (κ1) is 12.6. The molecule has 0 saturated carbocycles. The highest BCUT2D eigenvalue weighted by molar-refractivity contribution is 5.43. The predicted octanol–water partition coefficient (Wildman–Crippen LogP) is 1.06. The van der Waals surface area contributed by atoms with Gasteiger partial charge in [-0.3, -0.25) is 0 Å². The van der Waals surface area contributed by atoms with E-state index in [0.717, 1.165) is 6.20 Å². The molecular weight excluding hydrogens is 211 g/mol. The van der Waals surface area contributed by atoms with Crippen LogP contribution in [-0.4, -0.2) is 36.3 Å². The fourth-order valence-electron chi connectivity index (χ4n) is 1.37. The molecule has 1 aromatic heterocycles. The van der Waals surface area contributed by atoms with Crippen LogP contribution in [0.2, 0.25) is 0 Å². The number of halogens is 1. The number of nitrogen functional groups attached to an aromatic ring is 1. The van der Waals surface area contributed by atoms with Crippen molar-refractivity contribution < 1.29 is 9.13 Å². The summed E-state index contributed by atoms with van der Waals surface area (Å²) in [5, 5.41) is 0. The Hall–Kier alpha value is -1.43. The van der Waals surface area contributed by atoms with Gasteiger partial charge in [-0.1, -0.05) is 0 Å². The predicted molar refractivity (Wildman–Crippen MR) is 60.8 cm³/mol. The van der Waals surface area contributed by atoms with Crippen molar-refractivity contribution in [3.8, 4) is 0 Å². The molecule has 5 nitrogen and oxygen atoms in total. The zero-order chi connectivity index (χ0) is 12.1. The first-order valence-corrected chi connectivity index (χ1v) is 5.10. The number of nitrogens with zero attached hydrogens (tertiary/aromatic N) is 3. The van der Waals surface area contributed by atoms with Gasteiger partial charge in [-0.25, -0.2) is 9.37 Å². The molecule has 0 unspecified atom stereocenters. The molecular formula is C10H17FN4O. The summed E-state index contributed by atoms with van der Waals surface area (Å²) in [6.07, 6.45) is 1.08. The molecule has 90 valence electrons. The summed E-state index contributed by atoms with van der Waals surface area (Å²) in [6.45, 7) is 4.96. The molecule has 0 bridgehead atoms. The molecule has 1 rings (SSSR count). The lowest BCUT2D eigenvalue weighted by molar-refractivity contribution is 0.203. The third-order valence-corrected chi connectivity index (χ3v) is 2.18. The van der Waals surface area contributed by atoms with Gasteiger partial charge in [0.2, 0.25) is 5.95 Å². The molecule has 0 aliphatic heterocycles. The number of anilines is 2. The van der Waals surface area contributed by atoms with E-state index in [0.29, 0.717) is 13.2 Å². The third kappa shape index (κ3) is 3.03. The van der Waals surface area contributed by atoms with Crippen molar-refractivity contribution in [1.82, 2.24) is 9.97 Å². The maximum Gasteiger partial charge on any atom is 0.222 e. The van der Waals surface area contributed by atoms with E-state index in [-0.39, 0.29) is 17.8 Å². The van der Waals surface area contributed by atoms with Crippen molar-refractivity contribution >= 4 is 11.8 Å². The van der Waals surface area contributed by atoms with Gasteiger partial charge in [0.05, 0.1) is 12.8 Å². The molecule has 2 N–H and O–H groups in total. The molecule has 0 aliphatic carbocycles. The fraction of sp³-hybridized carbons (Fsp3) is 0.600. The van der Waals surface area contributed by atoms with Crippen molar-refractivity contribution in [3.63, 3.8) is 0 Å². The van der Waals surface area contributed by atoms with Gasteiger partial charge < -0.3 is 15.4 Å². The molecule has 1 heterocycles. The van der Waals surface area contributed by atoms with Crippen molar-refractivity contribution in [2.75, 3.05) is 30.9 Å². The zero-order valence-corrected chi connectivity index (χ0v) is 9.77. The van der Waals surface area contributed by atoms with Crippen molar-refractivity contribution in [3.05, 3.63) is 12.0 Å². The molecule has 0 saturated heterocycles. The first-order valence-electron chi connectivity index (χ1n) is 5.10. The Kier molecular flexibility index (Phi) is 4.42. The molecule has 0 atom stereocenters. The van der Waals surface area contributed by atoms with Crippen LogP contribution in [0.3, 0.4) is 0 Å². The summed E-state index contributed by atoms with van der Waals surface area (Å²) in [5.41, 5.74) is 5.45. The largest absolute Gasteiger partial charge is 0.383 e. The van der Waals surface area contributed by atoms with Crippen LogP contribution in [0.15, 0.2) is 6.20 Å². The number of ether oxygens (including phenoxy) is 1. The average Bonchev–Trinajstić information content (AvgIpc) is 2.23. The Morgan fingerprint density at radius 3 is 2.81 bits per heavy atom. The zero-order valence-electron chi connectivity index (χ0n) is 9.77. The Balaban J connectivity index is 2.95. The minimum atomic E-state index is -0.473. The van der Waals surface area contributed by atoms with Gasteiger partial charge in [-0.05, 0) is 13.8 Å². The van der Waals surface area contributed by atoms with E-state index in [2.05, 4.69) is 9.97 Å². The van der Waals surface area contributed by atoms with Crippen molar-refractivity contribution in [2.24, 2.45) is 0 Å². The Labute approximate surface area is 94.4 Å². The molecule has 0 aromatic carbocycles. The molecule has 0 fully saturated rings. The highest BCUT2D eigenvalue weighted by Gasteiger charge is 2.16. The van der Waals surface area contributed by atoms with E-state index in [1.165, 1.54) is 0 Å². The summed E-state index contributed by atoms with van der Waals surface area (Å²) in [5.74, 6) is -0.182. The first-order chi connectivity index (χ1) is 7.56. The van der Waals surface area contributed by atoms with Gasteiger partial charge >= 0.3 is 0 Å². The minimum Gasteiger partial charge on any atom is -0.383 e. The molecule has 0 spiro atoms. The number of hydrogen-bond acceptors (Lipinski definition) is 5. The summed E-state index contributed by atoms with van der Waals surface area (Å²) in [6, 6.07) is 0.110. The van der Waals surface area contributed by atoms with E-state index < -0.39 is 5.82 Å². The normalized spacial score (nSPS) is 10.8. The molecule has 1 aromatic rings. The molecule has 16 heavy (non-hydrogen) atoms. The average molecular weight is 228 g/mol. The van der Waals surface area contributed by atoms with Crippen LogP contribution in [0.4, 0.5) is 16.2 Å². The number of aromatic nitrogens is 2. The molecule has 0 amide bonds. The van der Waals surface area contributed by atoms with E-state index in [4.69, 9.17) is 10.5 Å². The van der Waals surface area contributed by atoms with Gasteiger partial charge in [0.1, 0.15) is 0 Å². The number of rotatable bonds is 5. The lowest BCUT2D eigenvalue weighted by atomic mass is 10.3. The lowest BCUT2D eigenvalue weighted by Gasteiger charge is -2.27. The summed E-state index contributed by atoms with van der Waals surface area (Å²) < 4.78 is 18.5. The van der Waals surface area contributed by atoms with Crippen LogP contribution in [-0.2, 0) is 4.74 Å². The van der Waals surface area contributed by atoms with E-state index in [1.54, 1.807) is 12.0 Å². The monoisotopic (exact) mass is 228 g/mol. The SMILES string of the molecule is COCCN(c1nc(N)ncc1F)C(C)C. The third-order valence-electron chi connectivity index (χ3n) is 2.18. The Morgan fingerprint density at radius 1 is 1.56 bits per heavy atom. The maximum absolute atomic E-state index is 13.5. The van der Waals surface area contributed by atoms with Gasteiger partial charge in [0, 0.05) is 19.7 Å². The van der Waals surface area contributed by atoms with Crippen LogP contribution >= 0.6 is 0 Å². The number of methoxy groups -OCH3 is 1. The molecule has 0 aliphatic rings. The van der Waals surface area contributed by atoms with E-state index in [9.17, 15) is 4.39 Å². The second-order valence-corrected chi connectivity index (χ2v) is 3.68. The maximum atomic E-state index is 13.5. The summed E-state index contributed by atoms with van der Waals surface area (Å²) in [7, 11) is 1.60. The van der Waals surface area contributed by atoms with Gasteiger partial charge in [-0.15, -0.1) is 0 Å². The topological polar surface area (TPSA) is 64.3 Å². The Morgan fingerprint density at radius 2 is 2.25 bits per heavy atom. The highest BCUT2D eigenvalue weighted by atomic mass is 19.1. The molecule has 0 radical (unpaired) electrons. The van der Waals surface area contributed by atoms with Gasteiger partial charge in [0.25, 0.3) is 0 Å². The Bertz CT molecular complexity index is 346. The van der Waals surface area contributed by atoms with Crippen molar-refractivity contribution in [1.29, 1.82) is 0 Å². The number of nitrogens with two attached hydrogens (primary N) is 1. The summed E-state index contributed by atoms with van der Waals surface area (Å²) in [4.78, 5) is 9.29. The fourth-order valence-corrected chi connectivity index (χ4v) is 1.37. The van der Waals surface area contributed by atoms with Crippen molar-refractivity contribution in [2.45, 2.75) is 19.9 Å². The van der Waals surface area contributed by atoms with Crippen LogP contribution in [0.25, 0.3) is 0 Å². The van der Waals surface area contributed by atoms with Crippen LogP contribution < -0.4 is 10.6 Å². The van der Waals surface area contributed by atoms with Gasteiger partial charge in [0.15, 0.2) is 11.6 Å². The quantitative estimate of drug-likeness (QED) is 0.816. The second kappa shape index (κ2) is 5.60. The second-order valence-electron chi connectivity index (χ2n) is 3.68. The van der Waals surface area contributed by atoms with Gasteiger partial charge in [-0.2, -0.15) is 4.98 Å². The highest BCUT2D eigenvalue weighted by Crippen LogP contribution is 2.18. The van der Waals surface area contributed by atoms with E-state index >= 15 is 0 Å². The van der Waals surface area contributed by atoms with Crippen LogP contribution in [0, 0.1) is 5.82 Å². The number of hydrogen-bond donors (Lipinski definition) is 1. The lowest BCUT2D eigenvalue weighted by Crippen LogP contribution is -2.35. The van der Waals surface area contributed by atoms with E-state index in [1.807, 2.05) is 13.8 Å². The van der Waals surface area contributed by atoms with Crippen LogP contribution in [0.1, 0.15) is 13.8 Å².